The lowest BCUT2D eigenvalue weighted by Gasteiger charge is -2.14. The number of para-hydroxylation sites is 1. The molecule has 0 spiro atoms. The number of aliphatic imine (C=N–C) groups is 1. The van der Waals surface area contributed by atoms with E-state index in [4.69, 9.17) is 4.74 Å². The first kappa shape index (κ1) is 19.8. The highest BCUT2D eigenvalue weighted by Crippen LogP contribution is 2.21. The predicted octanol–water partition coefficient (Wildman–Crippen LogP) is 2.09. The van der Waals surface area contributed by atoms with Crippen molar-refractivity contribution in [1.29, 1.82) is 0 Å². The highest BCUT2D eigenvalue weighted by atomic mass is 16.5. The molecule has 1 aromatic heterocycles. The molecule has 0 saturated carbocycles. The Bertz CT molecular complexity index is 690. The Hall–Kier alpha value is -2.57. The molecule has 0 fully saturated rings. The maximum Gasteiger partial charge on any atom is 0.191 e. The zero-order chi connectivity index (χ0) is 18.8. The largest absolute Gasteiger partial charge is 0.491 e. The number of ether oxygens (including phenoxy) is 1. The van der Waals surface area contributed by atoms with Crippen LogP contribution in [0.3, 0.4) is 0 Å². The Morgan fingerprint density at radius 2 is 1.96 bits per heavy atom. The Morgan fingerprint density at radius 1 is 1.19 bits per heavy atom. The average Bonchev–Trinajstić information content (AvgIpc) is 3.08. The molecule has 2 rings (SSSR count). The zero-order valence-corrected chi connectivity index (χ0v) is 16.2. The van der Waals surface area contributed by atoms with Gasteiger partial charge in [0, 0.05) is 19.5 Å². The van der Waals surface area contributed by atoms with Crippen LogP contribution in [-0.4, -0.2) is 47.0 Å². The topological polar surface area (TPSA) is 76.4 Å². The van der Waals surface area contributed by atoms with Gasteiger partial charge in [0.2, 0.25) is 0 Å². The summed E-state index contributed by atoms with van der Waals surface area (Å²) in [6.07, 6.45) is 2.63. The van der Waals surface area contributed by atoms with Gasteiger partial charge in [0.25, 0.3) is 0 Å². The Morgan fingerprint density at radius 3 is 2.65 bits per heavy atom. The summed E-state index contributed by atoms with van der Waals surface area (Å²) in [7, 11) is 0. The van der Waals surface area contributed by atoms with Gasteiger partial charge in [0.1, 0.15) is 24.5 Å². The standard InChI is InChI=1S/C19H30N6O/c1-5-17-24-23-14-25(17)12-10-21-19(20-6-2)22-11-13-26-18-15(3)8-7-9-16(18)4/h7-9,14H,5-6,10-13H2,1-4H3,(H2,20,21,22). The number of nitrogens with zero attached hydrogens (tertiary/aromatic N) is 4. The Balaban J connectivity index is 1.80. The Kier molecular flexibility index (Phi) is 7.92. The molecular weight excluding hydrogens is 328 g/mol. The van der Waals surface area contributed by atoms with Gasteiger partial charge in [-0.1, -0.05) is 25.1 Å². The minimum atomic E-state index is 0.585. The summed E-state index contributed by atoms with van der Waals surface area (Å²) in [5.74, 6) is 2.75. The number of aromatic nitrogens is 3. The van der Waals surface area contributed by atoms with Gasteiger partial charge in [-0.3, -0.25) is 4.99 Å². The number of benzene rings is 1. The molecule has 26 heavy (non-hydrogen) atoms. The van der Waals surface area contributed by atoms with E-state index >= 15 is 0 Å². The summed E-state index contributed by atoms with van der Waals surface area (Å²) in [6, 6.07) is 6.18. The molecule has 0 amide bonds. The lowest BCUT2D eigenvalue weighted by Crippen LogP contribution is -2.39. The Labute approximate surface area is 155 Å². The normalized spacial score (nSPS) is 11.5. The quantitative estimate of drug-likeness (QED) is 0.408. The number of guanidine groups is 1. The van der Waals surface area contributed by atoms with Crippen molar-refractivity contribution in [1.82, 2.24) is 25.4 Å². The summed E-state index contributed by atoms with van der Waals surface area (Å²) >= 11 is 0. The van der Waals surface area contributed by atoms with Gasteiger partial charge in [-0.05, 0) is 31.9 Å². The van der Waals surface area contributed by atoms with Crippen molar-refractivity contribution in [2.75, 3.05) is 26.2 Å². The van der Waals surface area contributed by atoms with Crippen LogP contribution in [0, 0.1) is 13.8 Å². The molecular formula is C19H30N6O. The van der Waals surface area contributed by atoms with Crippen molar-refractivity contribution < 1.29 is 4.74 Å². The van der Waals surface area contributed by atoms with Crippen LogP contribution in [0.25, 0.3) is 0 Å². The first-order valence-electron chi connectivity index (χ1n) is 9.23. The molecule has 0 aliphatic carbocycles. The van der Waals surface area contributed by atoms with Crippen LogP contribution in [0.15, 0.2) is 29.5 Å². The van der Waals surface area contributed by atoms with E-state index in [0.717, 1.165) is 48.2 Å². The number of nitrogens with one attached hydrogen (secondary N) is 2. The van der Waals surface area contributed by atoms with Crippen molar-refractivity contribution in [2.24, 2.45) is 4.99 Å². The fraction of sp³-hybridized carbons (Fsp3) is 0.526. The van der Waals surface area contributed by atoms with Crippen molar-refractivity contribution in [3.05, 3.63) is 41.5 Å². The van der Waals surface area contributed by atoms with Crippen LogP contribution in [-0.2, 0) is 13.0 Å². The summed E-state index contributed by atoms with van der Waals surface area (Å²) in [5.41, 5.74) is 2.32. The fourth-order valence-electron chi connectivity index (χ4n) is 2.70. The van der Waals surface area contributed by atoms with Crippen molar-refractivity contribution >= 4 is 5.96 Å². The molecule has 0 aliphatic heterocycles. The van der Waals surface area contributed by atoms with Crippen LogP contribution < -0.4 is 15.4 Å². The van der Waals surface area contributed by atoms with Gasteiger partial charge in [-0.25, -0.2) is 0 Å². The van der Waals surface area contributed by atoms with Gasteiger partial charge in [-0.15, -0.1) is 10.2 Å². The molecule has 7 nitrogen and oxygen atoms in total. The first-order chi connectivity index (χ1) is 12.7. The molecule has 2 aromatic rings. The molecule has 0 saturated heterocycles. The molecule has 142 valence electrons. The van der Waals surface area contributed by atoms with Crippen LogP contribution in [0.2, 0.25) is 0 Å². The van der Waals surface area contributed by atoms with E-state index in [-0.39, 0.29) is 0 Å². The minimum Gasteiger partial charge on any atom is -0.491 e. The molecule has 7 heteroatoms. The molecule has 1 heterocycles. The summed E-state index contributed by atoms with van der Waals surface area (Å²) in [5, 5.41) is 14.6. The molecule has 2 N–H and O–H groups in total. The van der Waals surface area contributed by atoms with Crippen LogP contribution in [0.4, 0.5) is 0 Å². The summed E-state index contributed by atoms with van der Waals surface area (Å²) in [6.45, 7) is 11.8. The van der Waals surface area contributed by atoms with Gasteiger partial charge in [0.05, 0.1) is 13.1 Å². The number of rotatable bonds is 9. The molecule has 0 atom stereocenters. The maximum atomic E-state index is 5.92. The van der Waals surface area contributed by atoms with E-state index in [2.05, 4.69) is 65.7 Å². The highest BCUT2D eigenvalue weighted by Gasteiger charge is 2.04. The van der Waals surface area contributed by atoms with Crippen molar-refractivity contribution in [3.8, 4) is 5.75 Å². The maximum absolute atomic E-state index is 5.92. The second kappa shape index (κ2) is 10.4. The average molecular weight is 358 g/mol. The first-order valence-corrected chi connectivity index (χ1v) is 9.23. The van der Waals surface area contributed by atoms with Gasteiger partial charge in [0.15, 0.2) is 5.96 Å². The number of aryl methyl sites for hydroxylation is 3. The van der Waals surface area contributed by atoms with Crippen LogP contribution in [0.5, 0.6) is 5.75 Å². The third-order valence-electron chi connectivity index (χ3n) is 4.02. The van der Waals surface area contributed by atoms with E-state index < -0.39 is 0 Å². The SMILES string of the molecule is CCNC(=NCCn1cnnc1CC)NCCOc1c(C)cccc1C. The lowest BCUT2D eigenvalue weighted by molar-refractivity contribution is 0.317. The molecule has 0 bridgehead atoms. The van der Waals surface area contributed by atoms with E-state index in [9.17, 15) is 0 Å². The van der Waals surface area contributed by atoms with Crippen molar-refractivity contribution in [3.63, 3.8) is 0 Å². The molecule has 0 unspecified atom stereocenters. The highest BCUT2D eigenvalue weighted by molar-refractivity contribution is 5.79. The van der Waals surface area contributed by atoms with Crippen LogP contribution >= 0.6 is 0 Å². The van der Waals surface area contributed by atoms with Gasteiger partial charge < -0.3 is 19.9 Å². The fourth-order valence-corrected chi connectivity index (χ4v) is 2.70. The molecule has 0 radical (unpaired) electrons. The monoisotopic (exact) mass is 358 g/mol. The van der Waals surface area contributed by atoms with Gasteiger partial charge in [-0.2, -0.15) is 0 Å². The molecule has 1 aromatic carbocycles. The number of hydrogen-bond acceptors (Lipinski definition) is 4. The van der Waals surface area contributed by atoms with E-state index in [1.54, 1.807) is 6.33 Å². The van der Waals surface area contributed by atoms with Gasteiger partial charge >= 0.3 is 0 Å². The minimum absolute atomic E-state index is 0.585. The number of hydrogen-bond donors (Lipinski definition) is 2. The van der Waals surface area contributed by atoms with E-state index in [1.165, 1.54) is 0 Å². The predicted molar refractivity (Wildman–Crippen MR) is 105 cm³/mol. The van der Waals surface area contributed by atoms with Crippen molar-refractivity contribution in [2.45, 2.75) is 40.7 Å². The second-order valence-corrected chi connectivity index (χ2v) is 6.05. The third kappa shape index (κ3) is 5.75. The zero-order valence-electron chi connectivity index (χ0n) is 16.2. The smallest absolute Gasteiger partial charge is 0.191 e. The van der Waals surface area contributed by atoms with E-state index in [0.29, 0.717) is 19.7 Å². The summed E-state index contributed by atoms with van der Waals surface area (Å²) < 4.78 is 7.96. The third-order valence-corrected chi connectivity index (χ3v) is 4.02. The lowest BCUT2D eigenvalue weighted by atomic mass is 10.1. The second-order valence-electron chi connectivity index (χ2n) is 6.05. The van der Waals surface area contributed by atoms with E-state index in [1.807, 2.05) is 10.6 Å². The van der Waals surface area contributed by atoms with Crippen LogP contribution in [0.1, 0.15) is 30.8 Å². The summed E-state index contributed by atoms with van der Waals surface area (Å²) in [4.78, 5) is 4.61. The molecule has 0 aliphatic rings.